The fourth-order valence-electron chi connectivity index (χ4n) is 3.35. The Morgan fingerprint density at radius 1 is 1.23 bits per heavy atom. The Morgan fingerprint density at radius 2 is 2.06 bits per heavy atom. The van der Waals surface area contributed by atoms with Gasteiger partial charge in [0.1, 0.15) is 17.1 Å². The van der Waals surface area contributed by atoms with Gasteiger partial charge in [-0.3, -0.25) is 14.2 Å². The van der Waals surface area contributed by atoms with Gasteiger partial charge in [0.25, 0.3) is 11.5 Å². The SMILES string of the molecule is CCOc1ccc2ccccc2c1C=NNC(=O)Cn1cnc2sc(CC)cc2c1=O. The van der Waals surface area contributed by atoms with Gasteiger partial charge in [-0.05, 0) is 36.2 Å². The smallest absolute Gasteiger partial charge is 0.262 e. The lowest BCUT2D eigenvalue weighted by Crippen LogP contribution is -2.29. The number of thiophene rings is 1. The molecule has 0 aliphatic rings. The molecule has 1 N–H and O–H groups in total. The number of rotatable bonds is 7. The molecule has 0 radical (unpaired) electrons. The van der Waals surface area contributed by atoms with E-state index in [1.807, 2.05) is 56.3 Å². The number of fused-ring (bicyclic) bond motifs is 2. The third kappa shape index (κ3) is 4.34. The normalized spacial score (nSPS) is 11.4. The van der Waals surface area contributed by atoms with Crippen molar-refractivity contribution < 1.29 is 9.53 Å². The number of hydrogen-bond acceptors (Lipinski definition) is 6. The number of aromatic nitrogens is 2. The van der Waals surface area contributed by atoms with Crippen molar-refractivity contribution in [3.8, 4) is 5.75 Å². The average Bonchev–Trinajstić information content (AvgIpc) is 3.21. The van der Waals surface area contributed by atoms with Crippen LogP contribution >= 0.6 is 11.3 Å². The lowest BCUT2D eigenvalue weighted by atomic mass is 10.0. The van der Waals surface area contributed by atoms with Crippen LogP contribution in [0.3, 0.4) is 0 Å². The van der Waals surface area contributed by atoms with Crippen LogP contribution in [0.25, 0.3) is 21.0 Å². The Labute approximate surface area is 183 Å². The summed E-state index contributed by atoms with van der Waals surface area (Å²) in [5.41, 5.74) is 3.05. The van der Waals surface area contributed by atoms with E-state index in [2.05, 4.69) is 15.5 Å². The summed E-state index contributed by atoms with van der Waals surface area (Å²) in [7, 11) is 0. The summed E-state index contributed by atoms with van der Waals surface area (Å²) in [6, 6.07) is 13.6. The van der Waals surface area contributed by atoms with Gasteiger partial charge in [0.2, 0.25) is 0 Å². The number of aryl methyl sites for hydroxylation is 1. The molecule has 158 valence electrons. The van der Waals surface area contributed by atoms with Crippen molar-refractivity contribution in [2.45, 2.75) is 26.8 Å². The first-order chi connectivity index (χ1) is 15.1. The maximum absolute atomic E-state index is 12.6. The Kier molecular flexibility index (Phi) is 6.08. The Bertz CT molecular complexity index is 1340. The van der Waals surface area contributed by atoms with Gasteiger partial charge in [-0.1, -0.05) is 37.3 Å². The van der Waals surface area contributed by atoms with E-state index >= 15 is 0 Å². The Hall–Kier alpha value is -3.52. The first-order valence-electron chi connectivity index (χ1n) is 10.0. The second-order valence-corrected chi connectivity index (χ2v) is 8.00. The lowest BCUT2D eigenvalue weighted by Gasteiger charge is -2.10. The molecule has 31 heavy (non-hydrogen) atoms. The first kappa shape index (κ1) is 20.7. The zero-order valence-electron chi connectivity index (χ0n) is 17.3. The van der Waals surface area contributed by atoms with E-state index in [1.54, 1.807) is 6.21 Å². The molecule has 0 spiro atoms. The molecule has 7 nitrogen and oxygen atoms in total. The minimum Gasteiger partial charge on any atom is -0.493 e. The molecule has 0 aliphatic heterocycles. The van der Waals surface area contributed by atoms with Gasteiger partial charge in [0.15, 0.2) is 0 Å². The molecule has 1 amide bonds. The van der Waals surface area contributed by atoms with Crippen LogP contribution < -0.4 is 15.7 Å². The molecular formula is C23H22N4O3S. The first-order valence-corrected chi connectivity index (χ1v) is 10.9. The molecular weight excluding hydrogens is 412 g/mol. The standard InChI is InChI=1S/C23H22N4O3S/c1-3-16-11-18-22(31-16)24-14-27(23(18)29)13-21(28)26-25-12-19-17-8-6-5-7-15(17)9-10-20(19)30-4-2/h5-12,14H,3-4,13H2,1-2H3,(H,26,28). The van der Waals surface area contributed by atoms with Crippen LogP contribution in [0, 0.1) is 0 Å². The highest BCUT2D eigenvalue weighted by Gasteiger charge is 2.11. The quantitative estimate of drug-likeness (QED) is 0.355. The van der Waals surface area contributed by atoms with Crippen LogP contribution in [-0.4, -0.2) is 28.3 Å². The number of nitrogens with zero attached hydrogens (tertiary/aromatic N) is 3. The van der Waals surface area contributed by atoms with Gasteiger partial charge in [-0.15, -0.1) is 11.3 Å². The van der Waals surface area contributed by atoms with Crippen molar-refractivity contribution in [2.75, 3.05) is 6.61 Å². The van der Waals surface area contributed by atoms with Crippen LogP contribution in [-0.2, 0) is 17.8 Å². The summed E-state index contributed by atoms with van der Waals surface area (Å²) in [5.74, 6) is 0.276. The monoisotopic (exact) mass is 434 g/mol. The Morgan fingerprint density at radius 3 is 2.87 bits per heavy atom. The van der Waals surface area contributed by atoms with Crippen molar-refractivity contribution in [1.29, 1.82) is 0 Å². The van der Waals surface area contributed by atoms with E-state index < -0.39 is 5.91 Å². The molecule has 0 saturated heterocycles. The van der Waals surface area contributed by atoms with Gasteiger partial charge in [0.05, 0.1) is 24.5 Å². The second kappa shape index (κ2) is 9.09. The van der Waals surface area contributed by atoms with E-state index in [-0.39, 0.29) is 12.1 Å². The number of carbonyl (C=O) groups is 1. The maximum atomic E-state index is 12.6. The molecule has 0 fully saturated rings. The number of hydrogen-bond donors (Lipinski definition) is 1. The highest BCUT2D eigenvalue weighted by atomic mass is 32.1. The average molecular weight is 435 g/mol. The zero-order valence-corrected chi connectivity index (χ0v) is 18.1. The molecule has 0 aliphatic carbocycles. The number of amides is 1. The van der Waals surface area contributed by atoms with Crippen LogP contribution in [0.2, 0.25) is 0 Å². The van der Waals surface area contributed by atoms with Crippen molar-refractivity contribution in [3.63, 3.8) is 0 Å². The van der Waals surface area contributed by atoms with Crippen molar-refractivity contribution >= 4 is 44.4 Å². The lowest BCUT2D eigenvalue weighted by molar-refractivity contribution is -0.121. The van der Waals surface area contributed by atoms with E-state index in [9.17, 15) is 9.59 Å². The molecule has 0 bridgehead atoms. The summed E-state index contributed by atoms with van der Waals surface area (Å²) in [4.78, 5) is 31.1. The van der Waals surface area contributed by atoms with Gasteiger partial charge in [0, 0.05) is 10.4 Å². The molecule has 2 heterocycles. The molecule has 8 heteroatoms. The maximum Gasteiger partial charge on any atom is 0.262 e. The van der Waals surface area contributed by atoms with Crippen molar-refractivity contribution in [3.05, 3.63) is 69.6 Å². The summed E-state index contributed by atoms with van der Waals surface area (Å²) in [6.07, 6.45) is 3.82. The number of hydrazone groups is 1. The molecule has 2 aromatic heterocycles. The highest BCUT2D eigenvalue weighted by molar-refractivity contribution is 7.18. The molecule has 0 unspecified atom stereocenters. The zero-order chi connectivity index (χ0) is 21.8. The fraction of sp³-hybridized carbons (Fsp3) is 0.217. The molecule has 4 rings (SSSR count). The fourth-order valence-corrected chi connectivity index (χ4v) is 4.27. The minimum absolute atomic E-state index is 0.162. The topological polar surface area (TPSA) is 85.6 Å². The summed E-state index contributed by atoms with van der Waals surface area (Å²) >= 11 is 1.50. The predicted molar refractivity (Wildman–Crippen MR) is 124 cm³/mol. The van der Waals surface area contributed by atoms with E-state index in [4.69, 9.17) is 4.74 Å². The molecule has 4 aromatic rings. The van der Waals surface area contributed by atoms with E-state index in [0.717, 1.165) is 27.6 Å². The van der Waals surface area contributed by atoms with Gasteiger partial charge < -0.3 is 4.74 Å². The number of carbonyl (C=O) groups excluding carboxylic acids is 1. The van der Waals surface area contributed by atoms with Crippen LogP contribution in [0.4, 0.5) is 0 Å². The Balaban J connectivity index is 1.53. The van der Waals surface area contributed by atoms with Crippen molar-refractivity contribution in [1.82, 2.24) is 15.0 Å². The largest absolute Gasteiger partial charge is 0.493 e. The molecule has 0 saturated carbocycles. The third-order valence-corrected chi connectivity index (χ3v) is 6.03. The number of ether oxygens (including phenoxy) is 1. The molecule has 0 atom stereocenters. The predicted octanol–water partition coefficient (Wildman–Crippen LogP) is 3.72. The van der Waals surface area contributed by atoms with Gasteiger partial charge in [-0.2, -0.15) is 5.10 Å². The van der Waals surface area contributed by atoms with Gasteiger partial charge in [-0.25, -0.2) is 10.4 Å². The summed E-state index contributed by atoms with van der Waals surface area (Å²) in [6.45, 7) is 4.30. The summed E-state index contributed by atoms with van der Waals surface area (Å²) in [5, 5.41) is 6.66. The van der Waals surface area contributed by atoms with Crippen LogP contribution in [0.15, 0.2) is 58.7 Å². The van der Waals surface area contributed by atoms with Gasteiger partial charge >= 0.3 is 0 Å². The second-order valence-electron chi connectivity index (χ2n) is 6.89. The van der Waals surface area contributed by atoms with Crippen molar-refractivity contribution in [2.24, 2.45) is 5.10 Å². The number of nitrogens with one attached hydrogen (secondary N) is 1. The van der Waals surface area contributed by atoms with Crippen LogP contribution in [0.1, 0.15) is 24.3 Å². The minimum atomic E-state index is -0.413. The third-order valence-electron chi connectivity index (χ3n) is 4.84. The van der Waals surface area contributed by atoms with Crippen LogP contribution in [0.5, 0.6) is 5.75 Å². The highest BCUT2D eigenvalue weighted by Crippen LogP contribution is 2.26. The molecule has 2 aromatic carbocycles. The van der Waals surface area contributed by atoms with E-state index in [1.165, 1.54) is 22.2 Å². The summed E-state index contributed by atoms with van der Waals surface area (Å²) < 4.78 is 7.00. The number of benzene rings is 2. The van der Waals surface area contributed by atoms with E-state index in [0.29, 0.717) is 22.6 Å².